The second-order valence-electron chi connectivity index (χ2n) is 5.17. The fraction of sp³-hybridized carbons (Fsp3) is 0.500. The zero-order valence-corrected chi connectivity index (χ0v) is 12.5. The third-order valence-electron chi connectivity index (χ3n) is 3.65. The molecule has 1 aromatic rings. The van der Waals surface area contributed by atoms with E-state index in [4.69, 9.17) is 28.9 Å². The number of aliphatic hydroxyl groups excluding tert-OH is 1. The number of halogens is 2. The Kier molecular flexibility index (Phi) is 5.27. The lowest BCUT2D eigenvalue weighted by molar-refractivity contribution is -0.125. The summed E-state index contributed by atoms with van der Waals surface area (Å²) in [7, 11) is 0. The fourth-order valence-electron chi connectivity index (χ4n) is 2.53. The number of nitrogens with one attached hydrogen (secondary N) is 1. The Morgan fingerprint density at radius 1 is 1.40 bits per heavy atom. The predicted octanol–water partition coefficient (Wildman–Crippen LogP) is 2.27. The van der Waals surface area contributed by atoms with Crippen LogP contribution < -0.4 is 11.1 Å². The van der Waals surface area contributed by atoms with Crippen LogP contribution in [0.1, 0.15) is 30.9 Å². The fourth-order valence-corrected chi connectivity index (χ4v) is 3.18. The molecular formula is C14H18Cl2N2O2. The van der Waals surface area contributed by atoms with Crippen LogP contribution in [0.5, 0.6) is 0 Å². The van der Waals surface area contributed by atoms with Gasteiger partial charge in [-0.1, -0.05) is 29.3 Å². The number of amides is 1. The van der Waals surface area contributed by atoms with E-state index in [0.29, 0.717) is 22.0 Å². The van der Waals surface area contributed by atoms with Crippen molar-refractivity contribution in [2.45, 2.75) is 31.4 Å². The second-order valence-corrected chi connectivity index (χ2v) is 5.98. The van der Waals surface area contributed by atoms with Gasteiger partial charge >= 0.3 is 0 Å². The average Bonchev–Trinajstić information content (AvgIpc) is 2.82. The molecule has 4 N–H and O–H groups in total. The molecule has 110 valence electrons. The number of hydrogen-bond donors (Lipinski definition) is 3. The van der Waals surface area contributed by atoms with Gasteiger partial charge in [0.2, 0.25) is 5.91 Å². The molecule has 0 aliphatic heterocycles. The summed E-state index contributed by atoms with van der Waals surface area (Å²) in [5, 5.41) is 13.6. The van der Waals surface area contributed by atoms with E-state index in [9.17, 15) is 9.90 Å². The van der Waals surface area contributed by atoms with E-state index >= 15 is 0 Å². The SMILES string of the molecule is N[C@@H]1CC[C@@H](C(=O)NC[C@H](O)c2c(Cl)cccc2Cl)C1. The molecule has 6 heteroatoms. The molecule has 1 aliphatic carbocycles. The van der Waals surface area contributed by atoms with E-state index < -0.39 is 6.10 Å². The van der Waals surface area contributed by atoms with Crippen molar-refractivity contribution in [1.82, 2.24) is 5.32 Å². The topological polar surface area (TPSA) is 75.4 Å². The minimum atomic E-state index is -0.921. The number of nitrogens with two attached hydrogens (primary N) is 1. The van der Waals surface area contributed by atoms with Gasteiger partial charge in [-0.2, -0.15) is 0 Å². The van der Waals surface area contributed by atoms with Gasteiger partial charge < -0.3 is 16.2 Å². The molecule has 0 bridgehead atoms. The standard InChI is InChI=1S/C14H18Cl2N2O2/c15-10-2-1-3-11(16)13(10)12(19)7-18-14(20)8-4-5-9(17)6-8/h1-3,8-9,12,19H,4-7,17H2,(H,18,20)/t8-,9-,12+/m1/s1. The van der Waals surface area contributed by atoms with Crippen LogP contribution in [-0.2, 0) is 4.79 Å². The third kappa shape index (κ3) is 3.64. The minimum Gasteiger partial charge on any atom is -0.386 e. The van der Waals surface area contributed by atoms with E-state index in [0.717, 1.165) is 12.8 Å². The molecule has 1 aliphatic rings. The van der Waals surface area contributed by atoms with Gasteiger partial charge in [-0.05, 0) is 31.4 Å². The maximum atomic E-state index is 12.0. The molecule has 2 rings (SSSR count). The molecule has 0 aromatic heterocycles. The normalized spacial score (nSPS) is 23.6. The summed E-state index contributed by atoms with van der Waals surface area (Å²) in [6, 6.07) is 5.13. The Bertz CT molecular complexity index is 476. The van der Waals surface area contributed by atoms with Crippen molar-refractivity contribution in [3.8, 4) is 0 Å². The number of carbonyl (C=O) groups is 1. The van der Waals surface area contributed by atoms with Crippen LogP contribution >= 0.6 is 23.2 Å². The van der Waals surface area contributed by atoms with Crippen LogP contribution in [0.4, 0.5) is 0 Å². The van der Waals surface area contributed by atoms with Crippen LogP contribution in [0.25, 0.3) is 0 Å². The zero-order valence-electron chi connectivity index (χ0n) is 11.0. The van der Waals surface area contributed by atoms with E-state index in [1.807, 2.05) is 0 Å². The summed E-state index contributed by atoms with van der Waals surface area (Å²) in [5.74, 6) is -0.126. The molecule has 1 aromatic carbocycles. The molecule has 1 fully saturated rings. The van der Waals surface area contributed by atoms with Crippen molar-refractivity contribution in [2.75, 3.05) is 6.54 Å². The quantitative estimate of drug-likeness (QED) is 0.797. The van der Waals surface area contributed by atoms with Gasteiger partial charge in [0.05, 0.1) is 6.10 Å². The molecule has 1 saturated carbocycles. The zero-order chi connectivity index (χ0) is 14.7. The summed E-state index contributed by atoms with van der Waals surface area (Å²) < 4.78 is 0. The van der Waals surface area contributed by atoms with Crippen molar-refractivity contribution in [1.29, 1.82) is 0 Å². The molecule has 0 radical (unpaired) electrons. The summed E-state index contributed by atoms with van der Waals surface area (Å²) in [6.07, 6.45) is 1.46. The molecular weight excluding hydrogens is 299 g/mol. The Morgan fingerprint density at radius 3 is 2.60 bits per heavy atom. The lowest BCUT2D eigenvalue weighted by Gasteiger charge is -2.17. The number of aliphatic hydroxyl groups is 1. The second kappa shape index (κ2) is 6.76. The largest absolute Gasteiger partial charge is 0.386 e. The average molecular weight is 317 g/mol. The van der Waals surface area contributed by atoms with Gasteiger partial charge in [-0.3, -0.25) is 4.79 Å². The Balaban J connectivity index is 1.92. The molecule has 1 amide bonds. The first-order valence-corrected chi connectivity index (χ1v) is 7.40. The highest BCUT2D eigenvalue weighted by Crippen LogP contribution is 2.30. The highest BCUT2D eigenvalue weighted by atomic mass is 35.5. The molecule has 20 heavy (non-hydrogen) atoms. The van der Waals surface area contributed by atoms with Crippen LogP contribution in [0.2, 0.25) is 10.0 Å². The van der Waals surface area contributed by atoms with Crippen molar-refractivity contribution < 1.29 is 9.90 Å². The Morgan fingerprint density at radius 2 is 2.05 bits per heavy atom. The lowest BCUT2D eigenvalue weighted by Crippen LogP contribution is -2.33. The molecule has 4 nitrogen and oxygen atoms in total. The minimum absolute atomic E-state index is 0.0566. The van der Waals surface area contributed by atoms with E-state index in [-0.39, 0.29) is 24.4 Å². The Labute approximate surface area is 128 Å². The highest BCUT2D eigenvalue weighted by Gasteiger charge is 2.28. The maximum Gasteiger partial charge on any atom is 0.223 e. The van der Waals surface area contributed by atoms with Gasteiger partial charge in [-0.15, -0.1) is 0 Å². The van der Waals surface area contributed by atoms with E-state index in [1.165, 1.54) is 0 Å². The van der Waals surface area contributed by atoms with Crippen LogP contribution in [0, 0.1) is 5.92 Å². The van der Waals surface area contributed by atoms with Crippen LogP contribution in [-0.4, -0.2) is 23.6 Å². The monoisotopic (exact) mass is 316 g/mol. The molecule has 0 saturated heterocycles. The third-order valence-corrected chi connectivity index (χ3v) is 4.31. The van der Waals surface area contributed by atoms with Gasteiger partial charge in [-0.25, -0.2) is 0 Å². The predicted molar refractivity (Wildman–Crippen MR) is 79.7 cm³/mol. The number of carbonyl (C=O) groups excluding carboxylic acids is 1. The van der Waals surface area contributed by atoms with Crippen LogP contribution in [0.3, 0.4) is 0 Å². The molecule has 0 heterocycles. The van der Waals surface area contributed by atoms with Crippen molar-refractivity contribution in [3.63, 3.8) is 0 Å². The van der Waals surface area contributed by atoms with Crippen LogP contribution in [0.15, 0.2) is 18.2 Å². The number of rotatable bonds is 4. The van der Waals surface area contributed by atoms with Crippen molar-refractivity contribution in [2.24, 2.45) is 11.7 Å². The lowest BCUT2D eigenvalue weighted by atomic mass is 10.1. The summed E-state index contributed by atoms with van der Waals surface area (Å²) in [6.45, 7) is 0.0913. The van der Waals surface area contributed by atoms with Crippen molar-refractivity contribution >= 4 is 29.1 Å². The van der Waals surface area contributed by atoms with E-state index in [1.54, 1.807) is 18.2 Å². The highest BCUT2D eigenvalue weighted by molar-refractivity contribution is 6.36. The van der Waals surface area contributed by atoms with E-state index in [2.05, 4.69) is 5.32 Å². The number of hydrogen-bond acceptors (Lipinski definition) is 3. The Hall–Kier alpha value is -0.810. The van der Waals surface area contributed by atoms with Gasteiger partial charge in [0, 0.05) is 34.1 Å². The first-order chi connectivity index (χ1) is 9.49. The van der Waals surface area contributed by atoms with Gasteiger partial charge in [0.15, 0.2) is 0 Å². The first-order valence-electron chi connectivity index (χ1n) is 6.64. The van der Waals surface area contributed by atoms with Gasteiger partial charge in [0.25, 0.3) is 0 Å². The summed E-state index contributed by atoms with van der Waals surface area (Å²) >= 11 is 12.0. The summed E-state index contributed by atoms with van der Waals surface area (Å²) in [5.41, 5.74) is 6.23. The smallest absolute Gasteiger partial charge is 0.223 e. The molecule has 0 unspecified atom stereocenters. The first kappa shape index (κ1) is 15.6. The van der Waals surface area contributed by atoms with Crippen molar-refractivity contribution in [3.05, 3.63) is 33.8 Å². The number of benzene rings is 1. The maximum absolute atomic E-state index is 12.0. The van der Waals surface area contributed by atoms with Gasteiger partial charge in [0.1, 0.15) is 0 Å². The molecule has 3 atom stereocenters. The molecule has 0 spiro atoms. The summed E-state index contributed by atoms with van der Waals surface area (Å²) in [4.78, 5) is 12.0.